The topological polar surface area (TPSA) is 88.6 Å². The van der Waals surface area contributed by atoms with Crippen molar-refractivity contribution in [1.82, 2.24) is 4.98 Å². The van der Waals surface area contributed by atoms with Crippen LogP contribution in [-0.4, -0.2) is 32.0 Å². The first-order valence-corrected chi connectivity index (χ1v) is 13.0. The molecule has 0 aliphatic carbocycles. The second-order valence-electron chi connectivity index (χ2n) is 8.65. The van der Waals surface area contributed by atoms with Gasteiger partial charge in [0.25, 0.3) is 15.9 Å². The predicted octanol–water partition coefficient (Wildman–Crippen LogP) is 4.58. The minimum absolute atomic E-state index is 0.140. The van der Waals surface area contributed by atoms with Crippen molar-refractivity contribution in [3.8, 4) is 5.75 Å². The fourth-order valence-corrected chi connectivity index (χ4v) is 5.61. The van der Waals surface area contributed by atoms with Gasteiger partial charge < -0.3 is 10.1 Å². The van der Waals surface area contributed by atoms with Crippen LogP contribution in [0.4, 0.5) is 11.4 Å². The Labute approximate surface area is 210 Å². The van der Waals surface area contributed by atoms with Gasteiger partial charge in [-0.05, 0) is 78.6 Å². The molecule has 3 aromatic carbocycles. The van der Waals surface area contributed by atoms with Crippen LogP contribution >= 0.6 is 0 Å². The third-order valence-corrected chi connectivity index (χ3v) is 7.78. The van der Waals surface area contributed by atoms with E-state index in [9.17, 15) is 13.2 Å². The summed E-state index contributed by atoms with van der Waals surface area (Å²) in [7, 11) is -3.89. The number of sulfonamides is 1. The zero-order valence-corrected chi connectivity index (χ0v) is 20.5. The second kappa shape index (κ2) is 9.83. The number of ether oxygens (including phenoxy) is 1. The lowest BCUT2D eigenvalue weighted by atomic mass is 10.1. The van der Waals surface area contributed by atoms with Crippen LogP contribution in [-0.2, 0) is 21.2 Å². The van der Waals surface area contributed by atoms with Gasteiger partial charge in [-0.3, -0.25) is 14.1 Å². The highest BCUT2D eigenvalue weighted by Gasteiger charge is 2.37. The van der Waals surface area contributed by atoms with Crippen LogP contribution in [0.1, 0.15) is 16.7 Å². The Morgan fingerprint density at radius 1 is 0.972 bits per heavy atom. The van der Waals surface area contributed by atoms with Crippen molar-refractivity contribution in [2.45, 2.75) is 24.3 Å². The molecular formula is C28H25N3O4S. The van der Waals surface area contributed by atoms with Gasteiger partial charge in [0, 0.05) is 18.1 Å². The van der Waals surface area contributed by atoms with Crippen LogP contribution in [0.3, 0.4) is 0 Å². The molecule has 4 aromatic rings. The van der Waals surface area contributed by atoms with Crippen LogP contribution in [0, 0.1) is 6.92 Å². The van der Waals surface area contributed by atoms with E-state index >= 15 is 0 Å². The molecule has 5 rings (SSSR count). The van der Waals surface area contributed by atoms with Crippen molar-refractivity contribution in [2.75, 3.05) is 16.2 Å². The maximum Gasteiger partial charge on any atom is 0.267 e. The van der Waals surface area contributed by atoms with Gasteiger partial charge in [0.1, 0.15) is 5.75 Å². The van der Waals surface area contributed by atoms with Crippen molar-refractivity contribution in [1.29, 1.82) is 0 Å². The second-order valence-corrected chi connectivity index (χ2v) is 10.5. The number of hydrogen-bond acceptors (Lipinski definition) is 5. The number of carbonyl (C=O) groups is 1. The summed E-state index contributed by atoms with van der Waals surface area (Å²) in [4.78, 5) is 17.4. The largest absolute Gasteiger partial charge is 0.476 e. The molecule has 2 heterocycles. The molecular weight excluding hydrogens is 474 g/mol. The molecule has 1 N–H and O–H groups in total. The Kier molecular flexibility index (Phi) is 6.43. The van der Waals surface area contributed by atoms with Gasteiger partial charge in [-0.1, -0.05) is 36.4 Å². The standard InChI is InChI=1S/C28H25N3O4S/c1-20-7-12-25-26(17-20)35-27(19-31(25)36(33,34)24-5-3-2-4-6-24)28(32)30-23-10-8-21(9-11-23)18-22-13-15-29-16-14-22/h2-17,27H,18-19H2,1H3,(H,30,32)/t27-/m1/s1. The molecule has 7 nitrogen and oxygen atoms in total. The molecule has 8 heteroatoms. The summed E-state index contributed by atoms with van der Waals surface area (Å²) < 4.78 is 34.2. The van der Waals surface area contributed by atoms with Gasteiger partial charge in [-0.15, -0.1) is 0 Å². The van der Waals surface area contributed by atoms with E-state index < -0.39 is 22.0 Å². The summed E-state index contributed by atoms with van der Waals surface area (Å²) in [6.45, 7) is 1.75. The van der Waals surface area contributed by atoms with Crippen molar-refractivity contribution >= 4 is 27.3 Å². The summed E-state index contributed by atoms with van der Waals surface area (Å²) in [5, 5.41) is 2.86. The summed E-state index contributed by atoms with van der Waals surface area (Å²) in [6.07, 6.45) is 3.25. The van der Waals surface area contributed by atoms with Crippen molar-refractivity contribution < 1.29 is 17.9 Å². The third kappa shape index (κ3) is 4.94. The van der Waals surface area contributed by atoms with E-state index in [0.29, 0.717) is 17.1 Å². The Morgan fingerprint density at radius 3 is 2.39 bits per heavy atom. The zero-order valence-electron chi connectivity index (χ0n) is 19.7. The molecule has 0 saturated carbocycles. The summed E-state index contributed by atoms with van der Waals surface area (Å²) in [5.74, 6) is -0.0640. The number of nitrogens with zero attached hydrogens (tertiary/aromatic N) is 2. The summed E-state index contributed by atoms with van der Waals surface area (Å²) >= 11 is 0. The molecule has 1 atom stereocenters. The average Bonchev–Trinajstić information content (AvgIpc) is 2.90. The number of aryl methyl sites for hydroxylation is 1. The fourth-order valence-electron chi connectivity index (χ4n) is 4.11. The Balaban J connectivity index is 1.36. The van der Waals surface area contributed by atoms with Crippen LogP contribution < -0.4 is 14.4 Å². The van der Waals surface area contributed by atoms with Gasteiger partial charge in [0.2, 0.25) is 0 Å². The molecule has 0 spiro atoms. The highest BCUT2D eigenvalue weighted by molar-refractivity contribution is 7.92. The van der Waals surface area contributed by atoms with Crippen LogP contribution in [0.5, 0.6) is 5.75 Å². The number of benzene rings is 3. The Bertz CT molecular complexity index is 1470. The molecule has 1 aromatic heterocycles. The molecule has 0 saturated heterocycles. The normalized spacial score (nSPS) is 15.0. The Hall–Kier alpha value is -4.17. The maximum absolute atomic E-state index is 13.5. The number of fused-ring (bicyclic) bond motifs is 1. The van der Waals surface area contributed by atoms with Gasteiger partial charge in [0.05, 0.1) is 17.1 Å². The number of pyridine rings is 1. The quantitative estimate of drug-likeness (QED) is 0.420. The molecule has 0 bridgehead atoms. The minimum atomic E-state index is -3.89. The lowest BCUT2D eigenvalue weighted by Gasteiger charge is -2.35. The first kappa shape index (κ1) is 23.6. The van der Waals surface area contributed by atoms with Gasteiger partial charge in [0.15, 0.2) is 6.10 Å². The lowest BCUT2D eigenvalue weighted by molar-refractivity contribution is -0.122. The van der Waals surface area contributed by atoms with E-state index in [-0.39, 0.29) is 11.4 Å². The molecule has 1 aliphatic heterocycles. The molecule has 36 heavy (non-hydrogen) atoms. The van der Waals surface area contributed by atoms with E-state index in [1.54, 1.807) is 54.9 Å². The number of carbonyl (C=O) groups excluding carboxylic acids is 1. The van der Waals surface area contributed by atoms with Gasteiger partial charge >= 0.3 is 0 Å². The molecule has 1 aliphatic rings. The number of rotatable bonds is 6. The lowest BCUT2D eigenvalue weighted by Crippen LogP contribution is -2.48. The van der Waals surface area contributed by atoms with E-state index in [4.69, 9.17) is 4.74 Å². The number of nitrogens with one attached hydrogen (secondary N) is 1. The van der Waals surface area contributed by atoms with E-state index in [0.717, 1.165) is 23.1 Å². The number of anilines is 2. The van der Waals surface area contributed by atoms with Gasteiger partial charge in [-0.2, -0.15) is 0 Å². The van der Waals surface area contributed by atoms with E-state index in [1.807, 2.05) is 49.4 Å². The maximum atomic E-state index is 13.5. The average molecular weight is 500 g/mol. The zero-order chi connectivity index (χ0) is 25.1. The summed E-state index contributed by atoms with van der Waals surface area (Å²) in [5.41, 5.74) is 4.16. The van der Waals surface area contributed by atoms with Crippen LogP contribution in [0.2, 0.25) is 0 Å². The van der Waals surface area contributed by atoms with Gasteiger partial charge in [-0.25, -0.2) is 8.42 Å². The highest BCUT2D eigenvalue weighted by Crippen LogP contribution is 2.37. The molecule has 0 radical (unpaired) electrons. The third-order valence-electron chi connectivity index (χ3n) is 5.99. The van der Waals surface area contributed by atoms with Crippen LogP contribution in [0.25, 0.3) is 0 Å². The first-order valence-electron chi connectivity index (χ1n) is 11.5. The van der Waals surface area contributed by atoms with E-state index in [1.165, 1.54) is 4.31 Å². The molecule has 0 unspecified atom stereocenters. The summed E-state index contributed by atoms with van der Waals surface area (Å²) in [6, 6.07) is 24.9. The predicted molar refractivity (Wildman–Crippen MR) is 139 cm³/mol. The van der Waals surface area contributed by atoms with Crippen LogP contribution in [0.15, 0.2) is 102 Å². The van der Waals surface area contributed by atoms with Crippen molar-refractivity contribution in [3.05, 3.63) is 114 Å². The highest BCUT2D eigenvalue weighted by atomic mass is 32.2. The van der Waals surface area contributed by atoms with E-state index in [2.05, 4.69) is 10.3 Å². The smallest absolute Gasteiger partial charge is 0.267 e. The van der Waals surface area contributed by atoms with Crippen molar-refractivity contribution in [3.63, 3.8) is 0 Å². The number of hydrogen-bond donors (Lipinski definition) is 1. The first-order chi connectivity index (χ1) is 17.4. The molecule has 0 fully saturated rings. The minimum Gasteiger partial charge on any atom is -0.476 e. The fraction of sp³-hybridized carbons (Fsp3) is 0.143. The SMILES string of the molecule is Cc1ccc2c(c1)O[C@@H](C(=O)Nc1ccc(Cc3ccncc3)cc1)CN2S(=O)(=O)c1ccccc1. The van der Waals surface area contributed by atoms with Crippen molar-refractivity contribution in [2.24, 2.45) is 0 Å². The monoisotopic (exact) mass is 499 g/mol. The number of amides is 1. The molecule has 1 amide bonds. The Morgan fingerprint density at radius 2 is 1.67 bits per heavy atom. The molecule has 182 valence electrons. The number of aromatic nitrogens is 1.